The zero-order valence-electron chi connectivity index (χ0n) is 23.4. The Labute approximate surface area is 208 Å². The summed E-state index contributed by atoms with van der Waals surface area (Å²) in [4.78, 5) is 12.7. The molecule has 0 saturated carbocycles. The molecule has 0 spiro atoms. The molecule has 0 aliphatic heterocycles. The third kappa shape index (κ3) is 2.65. The van der Waals surface area contributed by atoms with Gasteiger partial charge in [-0.1, -0.05) is 84.9 Å². The first-order chi connectivity index (χ1) is 15.6. The Kier molecular flexibility index (Phi) is 5.45. The number of hydrogen-bond donors (Lipinski definition) is 0. The van der Waals surface area contributed by atoms with Gasteiger partial charge in [0.2, 0.25) is 0 Å². The van der Waals surface area contributed by atoms with Crippen molar-refractivity contribution in [3.8, 4) is 0 Å². The summed E-state index contributed by atoms with van der Waals surface area (Å²) in [5.74, 6) is 1.36. The monoisotopic (exact) mass is 456 g/mol. The summed E-state index contributed by atoms with van der Waals surface area (Å²) in [6.07, 6.45) is 0.926. The van der Waals surface area contributed by atoms with Crippen LogP contribution in [0.4, 0.5) is 0 Å². The normalized spacial score (nSPS) is 35.4. The molecule has 5 atom stereocenters. The number of allylic oxidation sites excluding steroid dienone is 6. The minimum Gasteiger partial charge on any atom is -0.295 e. The minimum absolute atomic E-state index is 0.0384. The smallest absolute Gasteiger partial charge is 0.160 e. The Morgan fingerprint density at radius 1 is 1.06 bits per heavy atom. The van der Waals surface area contributed by atoms with E-state index in [2.05, 4.69) is 87.9 Å². The molecule has 0 radical (unpaired) electrons. The molecular weight excluding hydrogens is 412 g/mol. The van der Waals surface area contributed by atoms with Crippen LogP contribution in [0.3, 0.4) is 0 Å². The molecule has 34 heavy (non-hydrogen) atoms. The Morgan fingerprint density at radius 3 is 2.18 bits per heavy atom. The fourth-order valence-electron chi connectivity index (χ4n) is 8.64. The molecule has 0 amide bonds. The molecule has 0 aromatic heterocycles. The highest BCUT2D eigenvalue weighted by molar-refractivity contribution is 6.00. The van der Waals surface area contributed by atoms with Gasteiger partial charge in [-0.2, -0.15) is 0 Å². The molecule has 1 heteroatoms. The van der Waals surface area contributed by atoms with Crippen molar-refractivity contribution in [2.75, 3.05) is 0 Å². The maximum Gasteiger partial charge on any atom is 0.160 e. The number of carbonyl (C=O) groups is 1. The molecule has 3 aliphatic rings. The Bertz CT molecular complexity index is 1220. The van der Waals surface area contributed by atoms with E-state index in [-0.39, 0.29) is 22.0 Å². The van der Waals surface area contributed by atoms with Gasteiger partial charge in [0.05, 0.1) is 0 Å². The second-order valence-electron chi connectivity index (χ2n) is 12.5. The molecule has 0 fully saturated rings. The standard InChI is InChI=1S/C33H44O/c1-17(2)26-15-14-18(3)27-20(5)30-23(8)33(13)22(7)28(24(9)34)19(4)16-31(33,11)25(10)32(30,12)21(6)29(26)27/h14-15,17,21,25H,5,7,16H2,1-4,6,8-13H3/t21-,25+,31+,32-,33-/m1/s1. The summed E-state index contributed by atoms with van der Waals surface area (Å²) < 4.78 is 0. The summed E-state index contributed by atoms with van der Waals surface area (Å²) >= 11 is 0. The summed E-state index contributed by atoms with van der Waals surface area (Å²) in [6.45, 7) is 34.6. The van der Waals surface area contributed by atoms with E-state index in [9.17, 15) is 4.79 Å². The van der Waals surface area contributed by atoms with Crippen LogP contribution in [0.2, 0.25) is 0 Å². The molecule has 0 heterocycles. The zero-order valence-corrected chi connectivity index (χ0v) is 23.4. The number of Topliss-reactive ketones (excluding diaryl/α,β-unsaturated/α-hetero) is 1. The lowest BCUT2D eigenvalue weighted by Crippen LogP contribution is -2.58. The van der Waals surface area contributed by atoms with Crippen molar-refractivity contribution in [2.45, 2.75) is 94.4 Å². The summed E-state index contributed by atoms with van der Waals surface area (Å²) in [5, 5.41) is 0. The van der Waals surface area contributed by atoms with Gasteiger partial charge in [-0.3, -0.25) is 4.79 Å². The number of rotatable bonds is 2. The van der Waals surface area contributed by atoms with E-state index in [0.717, 1.165) is 17.6 Å². The lowest BCUT2D eigenvalue weighted by Gasteiger charge is -2.67. The van der Waals surface area contributed by atoms with Crippen molar-refractivity contribution in [1.29, 1.82) is 0 Å². The van der Waals surface area contributed by atoms with Crippen LogP contribution in [0.5, 0.6) is 0 Å². The first-order valence-electron chi connectivity index (χ1n) is 13.0. The van der Waals surface area contributed by atoms with Crippen molar-refractivity contribution in [3.05, 3.63) is 75.4 Å². The molecule has 0 N–H and O–H groups in total. The quantitative estimate of drug-likeness (QED) is 0.433. The van der Waals surface area contributed by atoms with Gasteiger partial charge in [0, 0.05) is 16.4 Å². The summed E-state index contributed by atoms with van der Waals surface area (Å²) in [5.41, 5.74) is 12.3. The van der Waals surface area contributed by atoms with Gasteiger partial charge in [0.1, 0.15) is 0 Å². The van der Waals surface area contributed by atoms with Crippen LogP contribution in [0.1, 0.15) is 110 Å². The first kappa shape index (κ1) is 25.0. The third-order valence-electron chi connectivity index (χ3n) is 11.0. The molecule has 4 rings (SSSR count). The van der Waals surface area contributed by atoms with E-state index in [1.165, 1.54) is 44.5 Å². The number of benzene rings is 1. The largest absolute Gasteiger partial charge is 0.295 e. The first-order valence-corrected chi connectivity index (χ1v) is 13.0. The predicted molar refractivity (Wildman–Crippen MR) is 146 cm³/mol. The lowest BCUT2D eigenvalue weighted by molar-refractivity contribution is -0.114. The fraction of sp³-hybridized carbons (Fsp3) is 0.545. The van der Waals surface area contributed by atoms with Gasteiger partial charge in [-0.25, -0.2) is 0 Å². The van der Waals surface area contributed by atoms with Crippen LogP contribution in [-0.2, 0) is 4.79 Å². The van der Waals surface area contributed by atoms with E-state index in [1.807, 2.05) is 0 Å². The Balaban J connectivity index is 2.13. The van der Waals surface area contributed by atoms with Crippen LogP contribution < -0.4 is 0 Å². The highest BCUT2D eigenvalue weighted by atomic mass is 16.1. The highest BCUT2D eigenvalue weighted by Crippen LogP contribution is 2.74. The van der Waals surface area contributed by atoms with Crippen LogP contribution in [0, 0.1) is 29.1 Å². The second-order valence-corrected chi connectivity index (χ2v) is 12.5. The van der Waals surface area contributed by atoms with Crippen molar-refractivity contribution in [1.82, 2.24) is 0 Å². The molecule has 0 bridgehead atoms. The lowest BCUT2D eigenvalue weighted by atomic mass is 9.36. The molecule has 1 nitrogen and oxygen atoms in total. The van der Waals surface area contributed by atoms with E-state index in [4.69, 9.17) is 6.58 Å². The average Bonchev–Trinajstić information content (AvgIpc) is 2.73. The van der Waals surface area contributed by atoms with Gasteiger partial charge in [0.15, 0.2) is 5.78 Å². The predicted octanol–water partition coefficient (Wildman–Crippen LogP) is 9.10. The SMILES string of the molecule is C=C1C2=C(C)[C@@]3(C)C(=C)C(C(C)=O)=C(C)C[C@@]3(C)[C@H](C)[C@@]2(C)[C@H](C)c2c(C(C)C)ccc(C)c21. The van der Waals surface area contributed by atoms with Gasteiger partial charge < -0.3 is 0 Å². The maximum absolute atomic E-state index is 12.7. The van der Waals surface area contributed by atoms with Gasteiger partial charge in [-0.15, -0.1) is 0 Å². The van der Waals surface area contributed by atoms with E-state index < -0.39 is 0 Å². The Morgan fingerprint density at radius 2 is 1.65 bits per heavy atom. The molecule has 182 valence electrons. The molecule has 1 aromatic rings. The number of ketones is 1. The van der Waals surface area contributed by atoms with Crippen molar-refractivity contribution in [2.24, 2.45) is 22.2 Å². The van der Waals surface area contributed by atoms with E-state index >= 15 is 0 Å². The topological polar surface area (TPSA) is 17.1 Å². The Hall–Kier alpha value is -2.15. The molecule has 3 aliphatic carbocycles. The molecule has 0 saturated heterocycles. The van der Waals surface area contributed by atoms with Crippen LogP contribution >= 0.6 is 0 Å². The third-order valence-corrected chi connectivity index (χ3v) is 11.0. The van der Waals surface area contributed by atoms with Crippen molar-refractivity contribution >= 4 is 11.4 Å². The van der Waals surface area contributed by atoms with Crippen LogP contribution in [0.25, 0.3) is 5.57 Å². The average molecular weight is 457 g/mol. The molecule has 1 aromatic carbocycles. The maximum atomic E-state index is 12.7. The number of fused-ring (bicyclic) bond motifs is 3. The summed E-state index contributed by atoms with van der Waals surface area (Å²) in [7, 11) is 0. The molecular formula is C33H44O. The highest BCUT2D eigenvalue weighted by Gasteiger charge is 2.65. The number of aryl methyl sites for hydroxylation is 1. The molecule has 0 unspecified atom stereocenters. The number of hydrogen-bond acceptors (Lipinski definition) is 1. The number of carbonyl (C=O) groups excluding carboxylic acids is 1. The van der Waals surface area contributed by atoms with Gasteiger partial charge in [-0.05, 0) is 96.3 Å². The zero-order chi connectivity index (χ0) is 25.7. The fourth-order valence-corrected chi connectivity index (χ4v) is 8.64. The minimum atomic E-state index is -0.286. The van der Waals surface area contributed by atoms with E-state index in [1.54, 1.807) is 6.92 Å². The van der Waals surface area contributed by atoms with Crippen LogP contribution in [0.15, 0.2) is 53.2 Å². The second kappa shape index (κ2) is 7.42. The summed E-state index contributed by atoms with van der Waals surface area (Å²) in [6, 6.07) is 4.63. The van der Waals surface area contributed by atoms with Crippen molar-refractivity contribution in [3.63, 3.8) is 0 Å². The van der Waals surface area contributed by atoms with Gasteiger partial charge >= 0.3 is 0 Å². The van der Waals surface area contributed by atoms with Crippen molar-refractivity contribution < 1.29 is 4.79 Å². The van der Waals surface area contributed by atoms with Crippen LogP contribution in [-0.4, -0.2) is 5.78 Å². The van der Waals surface area contributed by atoms with Gasteiger partial charge in [0.25, 0.3) is 0 Å². The van der Waals surface area contributed by atoms with E-state index in [0.29, 0.717) is 17.8 Å².